The van der Waals surface area contributed by atoms with Crippen LogP contribution in [0.25, 0.3) is 10.9 Å². The van der Waals surface area contributed by atoms with Crippen molar-refractivity contribution in [3.8, 4) is 11.5 Å². The number of nitro groups is 1. The number of nitrogens with zero attached hydrogens (tertiary/aromatic N) is 1. The van der Waals surface area contributed by atoms with Gasteiger partial charge in [-0.05, 0) is 45.8 Å². The maximum Gasteiger partial charge on any atom is 0.308 e. The second kappa shape index (κ2) is 9.68. The lowest BCUT2D eigenvalue weighted by Gasteiger charge is -2.12. The van der Waals surface area contributed by atoms with Gasteiger partial charge in [-0.25, -0.2) is 0 Å². The van der Waals surface area contributed by atoms with Gasteiger partial charge in [0.25, 0.3) is 11.2 Å². The number of aromatic nitrogens is 1. The van der Waals surface area contributed by atoms with Crippen molar-refractivity contribution in [1.29, 1.82) is 0 Å². The standard InChI is InChI=1S/C21H24N2O6/c1-13(2)6-5-7-14(3)10-11-28-19-17-9-8-16(23(26)27)12-18(17)22-21(25)20(19)29-15(4)24/h6,8-10,12H,5,7,11H2,1-4H3,(H,22,25)/b14-10+. The van der Waals surface area contributed by atoms with Crippen LogP contribution in [0.2, 0.25) is 0 Å². The van der Waals surface area contributed by atoms with Gasteiger partial charge in [-0.2, -0.15) is 0 Å². The van der Waals surface area contributed by atoms with Gasteiger partial charge < -0.3 is 14.5 Å². The Morgan fingerprint density at radius 3 is 2.52 bits per heavy atom. The van der Waals surface area contributed by atoms with Crippen LogP contribution >= 0.6 is 0 Å². The lowest BCUT2D eigenvalue weighted by molar-refractivity contribution is -0.384. The summed E-state index contributed by atoms with van der Waals surface area (Å²) in [6.45, 7) is 7.40. The number of aromatic amines is 1. The van der Waals surface area contributed by atoms with Crippen LogP contribution in [0.1, 0.15) is 40.5 Å². The van der Waals surface area contributed by atoms with E-state index in [0.717, 1.165) is 18.4 Å². The van der Waals surface area contributed by atoms with Gasteiger partial charge in [0.2, 0.25) is 5.75 Å². The summed E-state index contributed by atoms with van der Waals surface area (Å²) in [5.74, 6) is -0.869. The van der Waals surface area contributed by atoms with Gasteiger partial charge in [-0.3, -0.25) is 19.7 Å². The molecule has 0 aliphatic rings. The molecular formula is C21H24N2O6. The maximum absolute atomic E-state index is 12.4. The molecule has 0 atom stereocenters. The zero-order chi connectivity index (χ0) is 21.6. The summed E-state index contributed by atoms with van der Waals surface area (Å²) in [7, 11) is 0. The second-order valence-electron chi connectivity index (χ2n) is 6.87. The van der Waals surface area contributed by atoms with E-state index in [9.17, 15) is 19.7 Å². The van der Waals surface area contributed by atoms with Gasteiger partial charge in [0.1, 0.15) is 6.61 Å². The Balaban J connectivity index is 2.37. The molecule has 0 spiro atoms. The average molecular weight is 400 g/mol. The minimum absolute atomic E-state index is 0.0715. The molecule has 154 valence electrons. The van der Waals surface area contributed by atoms with Crippen molar-refractivity contribution in [3.63, 3.8) is 0 Å². The van der Waals surface area contributed by atoms with Gasteiger partial charge in [-0.1, -0.05) is 17.2 Å². The molecule has 1 aromatic carbocycles. The van der Waals surface area contributed by atoms with Crippen molar-refractivity contribution < 1.29 is 19.2 Å². The number of H-pyrrole nitrogens is 1. The number of non-ortho nitro benzene ring substituents is 1. The van der Waals surface area contributed by atoms with Crippen molar-refractivity contribution >= 4 is 22.6 Å². The molecule has 8 heteroatoms. The maximum atomic E-state index is 12.4. The van der Waals surface area contributed by atoms with Crippen LogP contribution in [0, 0.1) is 10.1 Å². The predicted molar refractivity (Wildman–Crippen MR) is 110 cm³/mol. The highest BCUT2D eigenvalue weighted by molar-refractivity contribution is 5.89. The number of hydrogen-bond donors (Lipinski definition) is 1. The van der Waals surface area contributed by atoms with E-state index in [1.54, 1.807) is 0 Å². The summed E-state index contributed by atoms with van der Waals surface area (Å²) in [6, 6.07) is 3.99. The lowest BCUT2D eigenvalue weighted by Crippen LogP contribution is -2.16. The number of ether oxygens (including phenoxy) is 2. The van der Waals surface area contributed by atoms with Crippen molar-refractivity contribution in [1.82, 2.24) is 4.98 Å². The summed E-state index contributed by atoms with van der Waals surface area (Å²) < 4.78 is 10.8. The number of rotatable bonds is 8. The van der Waals surface area contributed by atoms with Gasteiger partial charge >= 0.3 is 5.97 Å². The number of carbonyl (C=O) groups is 1. The van der Waals surface area contributed by atoms with E-state index in [1.807, 2.05) is 26.8 Å². The zero-order valence-electron chi connectivity index (χ0n) is 16.9. The summed E-state index contributed by atoms with van der Waals surface area (Å²) in [5.41, 5.74) is 1.71. The van der Waals surface area contributed by atoms with Crippen LogP contribution in [-0.2, 0) is 4.79 Å². The van der Waals surface area contributed by atoms with Crippen LogP contribution < -0.4 is 15.0 Å². The van der Waals surface area contributed by atoms with Crippen LogP contribution in [0.3, 0.4) is 0 Å². The third-order valence-electron chi connectivity index (χ3n) is 4.12. The van der Waals surface area contributed by atoms with Crippen LogP contribution in [0.4, 0.5) is 5.69 Å². The first-order valence-corrected chi connectivity index (χ1v) is 9.13. The third-order valence-corrected chi connectivity index (χ3v) is 4.12. The van der Waals surface area contributed by atoms with Crippen molar-refractivity contribution in [2.24, 2.45) is 0 Å². The fraction of sp³-hybridized carbons (Fsp3) is 0.333. The molecule has 1 N–H and O–H groups in total. The third kappa shape index (κ3) is 6.03. The van der Waals surface area contributed by atoms with Gasteiger partial charge in [0.05, 0.1) is 10.4 Å². The lowest BCUT2D eigenvalue weighted by atomic mass is 10.1. The largest absolute Gasteiger partial charge is 0.485 e. The van der Waals surface area contributed by atoms with E-state index in [-0.39, 0.29) is 29.3 Å². The highest BCUT2D eigenvalue weighted by Crippen LogP contribution is 2.33. The second-order valence-corrected chi connectivity index (χ2v) is 6.87. The number of benzene rings is 1. The van der Waals surface area contributed by atoms with Crippen molar-refractivity contribution in [2.45, 2.75) is 40.5 Å². The molecule has 0 saturated carbocycles. The Morgan fingerprint density at radius 2 is 1.90 bits per heavy atom. The normalized spacial score (nSPS) is 11.2. The Labute approximate surface area is 168 Å². The zero-order valence-corrected chi connectivity index (χ0v) is 16.9. The molecule has 0 aliphatic carbocycles. The molecule has 0 aliphatic heterocycles. The van der Waals surface area contributed by atoms with E-state index < -0.39 is 16.5 Å². The number of nitro benzene ring substituents is 1. The monoisotopic (exact) mass is 400 g/mol. The Hall–Kier alpha value is -3.42. The highest BCUT2D eigenvalue weighted by Gasteiger charge is 2.19. The van der Waals surface area contributed by atoms with Gasteiger partial charge in [0.15, 0.2) is 5.75 Å². The van der Waals surface area contributed by atoms with Crippen molar-refractivity contribution in [2.75, 3.05) is 6.61 Å². The molecule has 0 fully saturated rings. The quantitative estimate of drug-likeness (QED) is 0.304. The van der Waals surface area contributed by atoms with E-state index >= 15 is 0 Å². The summed E-state index contributed by atoms with van der Waals surface area (Å²) in [4.78, 5) is 36.7. The molecule has 0 bridgehead atoms. The molecule has 0 radical (unpaired) electrons. The highest BCUT2D eigenvalue weighted by atomic mass is 16.6. The van der Waals surface area contributed by atoms with E-state index in [4.69, 9.17) is 9.47 Å². The molecule has 1 heterocycles. The number of pyridine rings is 1. The van der Waals surface area contributed by atoms with E-state index in [2.05, 4.69) is 11.1 Å². The van der Waals surface area contributed by atoms with Crippen LogP contribution in [0.5, 0.6) is 11.5 Å². The van der Waals surface area contributed by atoms with Gasteiger partial charge in [0, 0.05) is 24.4 Å². The Kier molecular flexibility index (Phi) is 7.30. The summed E-state index contributed by atoms with van der Waals surface area (Å²) >= 11 is 0. The molecule has 0 amide bonds. The van der Waals surface area contributed by atoms with Gasteiger partial charge in [-0.15, -0.1) is 0 Å². The minimum Gasteiger partial charge on any atom is -0.485 e. The predicted octanol–water partition coefficient (Wildman–Crippen LogP) is 4.43. The molecule has 2 aromatic rings. The number of hydrogen-bond acceptors (Lipinski definition) is 6. The first kappa shape index (κ1) is 21.9. The number of allylic oxidation sites excluding steroid dienone is 3. The van der Waals surface area contributed by atoms with Crippen LogP contribution in [0.15, 0.2) is 46.3 Å². The molecule has 1 aromatic heterocycles. The Morgan fingerprint density at radius 1 is 1.17 bits per heavy atom. The molecule has 2 rings (SSSR count). The first-order chi connectivity index (χ1) is 13.7. The Bertz CT molecular complexity index is 1050. The number of carbonyl (C=O) groups excluding carboxylic acids is 1. The fourth-order valence-corrected chi connectivity index (χ4v) is 2.69. The summed E-state index contributed by atoms with van der Waals surface area (Å²) in [5, 5.41) is 11.4. The number of esters is 1. The van der Waals surface area contributed by atoms with E-state index in [1.165, 1.54) is 30.7 Å². The number of fused-ring (bicyclic) bond motifs is 1. The number of nitrogens with one attached hydrogen (secondary N) is 1. The molecular weight excluding hydrogens is 376 g/mol. The van der Waals surface area contributed by atoms with Crippen LogP contribution in [-0.4, -0.2) is 22.5 Å². The average Bonchev–Trinajstić information content (AvgIpc) is 2.62. The topological polar surface area (TPSA) is 112 Å². The van der Waals surface area contributed by atoms with Crippen molar-refractivity contribution in [3.05, 3.63) is 62.0 Å². The fourth-order valence-electron chi connectivity index (χ4n) is 2.69. The molecule has 0 saturated heterocycles. The minimum atomic E-state index is -0.701. The molecule has 0 unspecified atom stereocenters. The summed E-state index contributed by atoms with van der Waals surface area (Å²) in [6.07, 6.45) is 5.82. The molecule has 8 nitrogen and oxygen atoms in total. The SMILES string of the molecule is CC(=O)Oc1c(OC/C=C(\C)CCC=C(C)C)c2ccc([N+](=O)[O-])cc2[nH]c1=O. The first-order valence-electron chi connectivity index (χ1n) is 9.13. The van der Waals surface area contributed by atoms with E-state index in [0.29, 0.717) is 5.39 Å². The molecule has 29 heavy (non-hydrogen) atoms. The smallest absolute Gasteiger partial charge is 0.308 e.